The highest BCUT2D eigenvalue weighted by Gasteiger charge is 2.17. The summed E-state index contributed by atoms with van der Waals surface area (Å²) in [5.74, 6) is -0.851. The van der Waals surface area contributed by atoms with E-state index in [0.29, 0.717) is 16.7 Å². The Balaban J connectivity index is 2.69. The molecule has 0 atom stereocenters. The Bertz CT molecular complexity index is 612. The van der Waals surface area contributed by atoms with Crippen LogP contribution in [0.25, 0.3) is 5.69 Å². The van der Waals surface area contributed by atoms with E-state index in [4.69, 9.17) is 12.2 Å². The lowest BCUT2D eigenvalue weighted by Crippen LogP contribution is -2.06. The van der Waals surface area contributed by atoms with Gasteiger partial charge in [-0.05, 0) is 30.8 Å². The van der Waals surface area contributed by atoms with Crippen LogP contribution in [0.3, 0.4) is 0 Å². The van der Waals surface area contributed by atoms with E-state index < -0.39 is 11.6 Å². The van der Waals surface area contributed by atoms with Gasteiger partial charge in [0.05, 0.1) is 0 Å². The lowest BCUT2D eigenvalue weighted by atomic mass is 10.2. The fourth-order valence-electron chi connectivity index (χ4n) is 1.70. The molecular weight excluding hydrogens is 324 g/mol. The highest BCUT2D eigenvalue weighted by molar-refractivity contribution is 9.10. The molecule has 0 saturated heterocycles. The van der Waals surface area contributed by atoms with Gasteiger partial charge in [0.15, 0.2) is 16.4 Å². The maximum Gasteiger partial charge on any atom is 0.200 e. The van der Waals surface area contributed by atoms with Gasteiger partial charge in [-0.15, -0.1) is 0 Å². The monoisotopic (exact) mass is 333 g/mol. The highest BCUT2D eigenvalue weighted by Crippen LogP contribution is 2.24. The molecule has 18 heavy (non-hydrogen) atoms. The van der Waals surface area contributed by atoms with Crippen molar-refractivity contribution < 1.29 is 8.78 Å². The van der Waals surface area contributed by atoms with Gasteiger partial charge in [0.2, 0.25) is 0 Å². The van der Waals surface area contributed by atoms with Crippen LogP contribution in [0.15, 0.2) is 16.6 Å². The Hall–Kier alpha value is -1.08. The van der Waals surface area contributed by atoms with Crippen LogP contribution in [-0.4, -0.2) is 14.8 Å². The molecule has 0 amide bonds. The molecule has 1 aromatic carbocycles. The summed E-state index contributed by atoms with van der Waals surface area (Å²) in [6.07, 6.45) is 1.39. The van der Waals surface area contributed by atoms with Gasteiger partial charge in [0.25, 0.3) is 0 Å². The number of benzene rings is 1. The summed E-state index contributed by atoms with van der Waals surface area (Å²) in [4.78, 5) is 0. The summed E-state index contributed by atoms with van der Waals surface area (Å²) >= 11 is 8.06. The molecule has 96 valence electrons. The van der Waals surface area contributed by atoms with Gasteiger partial charge in [0.1, 0.15) is 11.5 Å². The first kappa shape index (κ1) is 13.4. The average Bonchev–Trinajstić information content (AvgIpc) is 2.61. The molecule has 0 aliphatic heterocycles. The molecule has 0 radical (unpaired) electrons. The zero-order valence-corrected chi connectivity index (χ0v) is 11.9. The number of halogens is 3. The highest BCUT2D eigenvalue weighted by atomic mass is 79.9. The first-order chi connectivity index (χ1) is 8.54. The standard InChI is InChI=1S/C11H10BrF2N3S/c1-2-3-9-15-16-11(18)17(9)10-7(13)4-6(12)5-8(10)14/h4-5H,2-3H2,1H3,(H,16,18). The lowest BCUT2D eigenvalue weighted by Gasteiger charge is -2.09. The minimum absolute atomic E-state index is 0.179. The molecule has 0 saturated carbocycles. The van der Waals surface area contributed by atoms with E-state index in [1.165, 1.54) is 16.7 Å². The van der Waals surface area contributed by atoms with Crippen molar-refractivity contribution in [2.45, 2.75) is 19.8 Å². The molecule has 0 unspecified atom stereocenters. The number of hydrogen-bond donors (Lipinski definition) is 1. The van der Waals surface area contributed by atoms with Crippen LogP contribution in [0.1, 0.15) is 19.2 Å². The Morgan fingerprint density at radius 3 is 2.56 bits per heavy atom. The molecule has 1 N–H and O–H groups in total. The SMILES string of the molecule is CCCc1n[nH]c(=S)n1-c1c(F)cc(Br)cc1F. The zero-order valence-electron chi connectivity index (χ0n) is 9.51. The van der Waals surface area contributed by atoms with Crippen molar-refractivity contribution in [1.29, 1.82) is 0 Å². The molecule has 0 aliphatic carbocycles. The van der Waals surface area contributed by atoms with Gasteiger partial charge < -0.3 is 0 Å². The number of rotatable bonds is 3. The molecule has 0 bridgehead atoms. The first-order valence-corrected chi connectivity index (χ1v) is 6.56. The largest absolute Gasteiger partial charge is 0.266 e. The predicted octanol–water partition coefficient (Wildman–Crippen LogP) is 3.92. The minimum Gasteiger partial charge on any atom is -0.266 e. The predicted molar refractivity (Wildman–Crippen MR) is 70.4 cm³/mol. The number of hydrogen-bond acceptors (Lipinski definition) is 2. The van der Waals surface area contributed by atoms with E-state index in [9.17, 15) is 8.78 Å². The topological polar surface area (TPSA) is 33.6 Å². The molecule has 2 rings (SSSR count). The van der Waals surface area contributed by atoms with Gasteiger partial charge in [-0.3, -0.25) is 9.67 Å². The van der Waals surface area contributed by atoms with Crippen LogP contribution in [0.5, 0.6) is 0 Å². The third kappa shape index (κ3) is 2.37. The Kier molecular flexibility index (Phi) is 3.91. The van der Waals surface area contributed by atoms with Crippen molar-refractivity contribution in [3.8, 4) is 5.69 Å². The number of H-pyrrole nitrogens is 1. The van der Waals surface area contributed by atoms with E-state index in [1.807, 2.05) is 6.92 Å². The van der Waals surface area contributed by atoms with Crippen molar-refractivity contribution in [2.24, 2.45) is 0 Å². The quantitative estimate of drug-likeness (QED) is 0.863. The van der Waals surface area contributed by atoms with Crippen molar-refractivity contribution >= 4 is 28.1 Å². The van der Waals surface area contributed by atoms with Gasteiger partial charge in [-0.2, -0.15) is 5.10 Å². The number of aromatic nitrogens is 3. The first-order valence-electron chi connectivity index (χ1n) is 5.35. The molecular formula is C11H10BrF2N3S. The summed E-state index contributed by atoms with van der Waals surface area (Å²) < 4.78 is 29.6. The van der Waals surface area contributed by atoms with Gasteiger partial charge in [0, 0.05) is 10.9 Å². The average molecular weight is 334 g/mol. The summed E-state index contributed by atoms with van der Waals surface area (Å²) in [7, 11) is 0. The van der Waals surface area contributed by atoms with Crippen LogP contribution < -0.4 is 0 Å². The number of nitrogens with one attached hydrogen (secondary N) is 1. The van der Waals surface area contributed by atoms with Crippen molar-refractivity contribution in [3.05, 3.63) is 38.8 Å². The van der Waals surface area contributed by atoms with Crippen molar-refractivity contribution in [1.82, 2.24) is 14.8 Å². The number of aryl methyl sites for hydroxylation is 1. The van der Waals surface area contributed by atoms with E-state index in [1.54, 1.807) is 0 Å². The smallest absolute Gasteiger partial charge is 0.200 e. The Morgan fingerprint density at radius 1 is 1.39 bits per heavy atom. The molecule has 2 aromatic rings. The number of nitrogens with zero attached hydrogens (tertiary/aromatic N) is 2. The van der Waals surface area contributed by atoms with Crippen LogP contribution >= 0.6 is 28.1 Å². The zero-order chi connectivity index (χ0) is 13.3. The van der Waals surface area contributed by atoms with Gasteiger partial charge >= 0.3 is 0 Å². The normalized spacial score (nSPS) is 10.9. The third-order valence-electron chi connectivity index (χ3n) is 2.42. The van der Waals surface area contributed by atoms with Gasteiger partial charge in [-0.25, -0.2) is 8.78 Å². The molecule has 1 heterocycles. The Labute approximate surface area is 116 Å². The second-order valence-electron chi connectivity index (χ2n) is 3.75. The maximum atomic E-state index is 13.9. The maximum absolute atomic E-state index is 13.9. The summed E-state index contributed by atoms with van der Waals surface area (Å²) in [5.41, 5.74) is -0.194. The second-order valence-corrected chi connectivity index (χ2v) is 5.05. The third-order valence-corrected chi connectivity index (χ3v) is 3.15. The number of aromatic amines is 1. The molecule has 0 spiro atoms. The fraction of sp³-hybridized carbons (Fsp3) is 0.273. The van der Waals surface area contributed by atoms with E-state index in [2.05, 4.69) is 26.1 Å². The van der Waals surface area contributed by atoms with E-state index in [-0.39, 0.29) is 10.5 Å². The van der Waals surface area contributed by atoms with Crippen LogP contribution in [-0.2, 0) is 6.42 Å². The summed E-state index contributed by atoms with van der Waals surface area (Å²) in [6.45, 7) is 1.95. The van der Waals surface area contributed by atoms with E-state index >= 15 is 0 Å². The molecule has 1 aromatic heterocycles. The van der Waals surface area contributed by atoms with E-state index in [0.717, 1.165) is 6.42 Å². The molecule has 0 fully saturated rings. The van der Waals surface area contributed by atoms with Crippen LogP contribution in [0.4, 0.5) is 8.78 Å². The molecule has 7 heteroatoms. The summed E-state index contributed by atoms with van der Waals surface area (Å²) in [5, 5.41) is 6.55. The minimum atomic E-state index is -0.684. The molecule has 0 aliphatic rings. The second kappa shape index (κ2) is 5.27. The lowest BCUT2D eigenvalue weighted by molar-refractivity contribution is 0.562. The van der Waals surface area contributed by atoms with Crippen LogP contribution in [0, 0.1) is 16.4 Å². The van der Waals surface area contributed by atoms with Crippen molar-refractivity contribution in [3.63, 3.8) is 0 Å². The van der Waals surface area contributed by atoms with Gasteiger partial charge in [-0.1, -0.05) is 22.9 Å². The molecule has 3 nitrogen and oxygen atoms in total. The van der Waals surface area contributed by atoms with Crippen LogP contribution in [0.2, 0.25) is 0 Å². The Morgan fingerprint density at radius 2 is 2.00 bits per heavy atom. The van der Waals surface area contributed by atoms with Crippen molar-refractivity contribution in [2.75, 3.05) is 0 Å². The fourth-order valence-corrected chi connectivity index (χ4v) is 2.34. The summed E-state index contributed by atoms with van der Waals surface area (Å²) in [6, 6.07) is 2.39.